The number of nitrogens with zero attached hydrogens (tertiary/aromatic N) is 1. The molecule has 1 amide bonds. The number of nitrogens with two attached hydrogens (primary N) is 2. The molecule has 1 aliphatic rings. The highest BCUT2D eigenvalue weighted by molar-refractivity contribution is 5.91. The fourth-order valence-electron chi connectivity index (χ4n) is 2.49. The van der Waals surface area contributed by atoms with E-state index >= 15 is 0 Å². The second-order valence-corrected chi connectivity index (χ2v) is 5.48. The summed E-state index contributed by atoms with van der Waals surface area (Å²) in [4.78, 5) is 14.9. The number of rotatable bonds is 7. The summed E-state index contributed by atoms with van der Waals surface area (Å²) in [5.74, 6) is -0.516. The van der Waals surface area contributed by atoms with Crippen LogP contribution in [0.5, 0.6) is 0 Å². The Balaban J connectivity index is 1.61. The molecule has 2 rings (SSSR count). The van der Waals surface area contributed by atoms with Gasteiger partial charge in [0, 0.05) is 31.1 Å². The van der Waals surface area contributed by atoms with Crippen LogP contribution in [0.3, 0.4) is 0 Å². The van der Waals surface area contributed by atoms with Crippen LogP contribution in [0.25, 0.3) is 0 Å². The van der Waals surface area contributed by atoms with Crippen molar-refractivity contribution in [2.45, 2.75) is 44.2 Å². The zero-order valence-electron chi connectivity index (χ0n) is 12.3. The van der Waals surface area contributed by atoms with E-state index < -0.39 is 5.91 Å². The maximum Gasteiger partial charge on any atom is 0.267 e. The Kier molecular flexibility index (Phi) is 5.95. The van der Waals surface area contributed by atoms with Gasteiger partial charge in [-0.25, -0.2) is 0 Å². The van der Waals surface area contributed by atoms with Gasteiger partial charge in [0.1, 0.15) is 5.69 Å². The van der Waals surface area contributed by atoms with E-state index in [0.29, 0.717) is 12.1 Å². The Morgan fingerprint density at radius 3 is 2.86 bits per heavy atom. The molecule has 5 N–H and O–H groups in total. The molecule has 0 aliphatic heterocycles. The van der Waals surface area contributed by atoms with Crippen LogP contribution >= 0.6 is 0 Å². The molecule has 1 saturated carbocycles. The molecule has 1 fully saturated rings. The molecule has 0 unspecified atom stereocenters. The standard InChI is InChI=1S/C15H24N4O2/c16-11-2-4-13(5-3-11)21-9-1-7-18-12-6-8-19-14(10-12)15(17)20/h6,8,10-11,13H,1-5,7,9,16H2,(H2,17,20)(H,18,19). The zero-order chi connectivity index (χ0) is 15.1. The Bertz CT molecular complexity index is 459. The minimum absolute atomic E-state index is 0.273. The van der Waals surface area contributed by atoms with Gasteiger partial charge in [0.2, 0.25) is 0 Å². The number of hydrogen-bond acceptors (Lipinski definition) is 5. The number of hydrogen-bond donors (Lipinski definition) is 3. The largest absolute Gasteiger partial charge is 0.385 e. The Morgan fingerprint density at radius 1 is 1.38 bits per heavy atom. The molecule has 0 atom stereocenters. The third kappa shape index (κ3) is 5.32. The maximum absolute atomic E-state index is 11.0. The van der Waals surface area contributed by atoms with E-state index in [-0.39, 0.29) is 5.69 Å². The number of ether oxygens (including phenoxy) is 1. The SMILES string of the molecule is NC(=O)c1cc(NCCCOC2CCC(N)CC2)ccn1. The average molecular weight is 292 g/mol. The van der Waals surface area contributed by atoms with Gasteiger partial charge < -0.3 is 21.5 Å². The number of aromatic nitrogens is 1. The van der Waals surface area contributed by atoms with Gasteiger partial charge in [0.15, 0.2) is 0 Å². The summed E-state index contributed by atoms with van der Waals surface area (Å²) in [7, 11) is 0. The minimum atomic E-state index is -0.516. The molecule has 1 aliphatic carbocycles. The molecule has 0 aromatic carbocycles. The number of amides is 1. The number of pyridine rings is 1. The Morgan fingerprint density at radius 2 is 2.14 bits per heavy atom. The van der Waals surface area contributed by atoms with Gasteiger partial charge in [-0.15, -0.1) is 0 Å². The predicted octanol–water partition coefficient (Wildman–Crippen LogP) is 1.27. The lowest BCUT2D eigenvalue weighted by atomic mass is 9.94. The maximum atomic E-state index is 11.0. The number of carbonyl (C=O) groups excluding carboxylic acids is 1. The summed E-state index contributed by atoms with van der Waals surface area (Å²) in [6.45, 7) is 1.52. The molecule has 0 spiro atoms. The second-order valence-electron chi connectivity index (χ2n) is 5.48. The van der Waals surface area contributed by atoms with Crippen molar-refractivity contribution < 1.29 is 9.53 Å². The van der Waals surface area contributed by atoms with Gasteiger partial charge in [-0.1, -0.05) is 0 Å². The zero-order valence-corrected chi connectivity index (χ0v) is 12.3. The van der Waals surface area contributed by atoms with E-state index in [4.69, 9.17) is 16.2 Å². The molecule has 1 aromatic rings. The molecule has 6 nitrogen and oxygen atoms in total. The lowest BCUT2D eigenvalue weighted by molar-refractivity contribution is 0.0251. The number of primary amides is 1. The van der Waals surface area contributed by atoms with Gasteiger partial charge in [0.25, 0.3) is 5.91 Å². The van der Waals surface area contributed by atoms with Crippen LogP contribution in [0.1, 0.15) is 42.6 Å². The highest BCUT2D eigenvalue weighted by atomic mass is 16.5. The van der Waals surface area contributed by atoms with Gasteiger partial charge >= 0.3 is 0 Å². The quantitative estimate of drug-likeness (QED) is 0.657. The predicted molar refractivity (Wildman–Crippen MR) is 82.0 cm³/mol. The first-order valence-electron chi connectivity index (χ1n) is 7.52. The normalized spacial score (nSPS) is 22.0. The molecule has 1 aromatic heterocycles. The van der Waals surface area contributed by atoms with E-state index in [2.05, 4.69) is 10.3 Å². The highest BCUT2D eigenvalue weighted by Crippen LogP contribution is 2.19. The lowest BCUT2D eigenvalue weighted by Gasteiger charge is -2.26. The van der Waals surface area contributed by atoms with Crippen LogP contribution in [0.15, 0.2) is 18.3 Å². The van der Waals surface area contributed by atoms with Crippen LogP contribution in [0.2, 0.25) is 0 Å². The molecule has 1 heterocycles. The molecular formula is C15H24N4O2. The van der Waals surface area contributed by atoms with Gasteiger partial charge in [-0.2, -0.15) is 0 Å². The van der Waals surface area contributed by atoms with Crippen molar-refractivity contribution >= 4 is 11.6 Å². The van der Waals surface area contributed by atoms with Crippen molar-refractivity contribution in [2.75, 3.05) is 18.5 Å². The van der Waals surface area contributed by atoms with Crippen LogP contribution in [-0.2, 0) is 4.74 Å². The second kappa shape index (κ2) is 7.95. The third-order valence-electron chi connectivity index (χ3n) is 3.74. The molecule has 6 heteroatoms. The van der Waals surface area contributed by atoms with Crippen LogP contribution < -0.4 is 16.8 Å². The summed E-state index contributed by atoms with van der Waals surface area (Å²) >= 11 is 0. The lowest BCUT2D eigenvalue weighted by Crippen LogP contribution is -2.30. The highest BCUT2D eigenvalue weighted by Gasteiger charge is 2.18. The molecule has 116 valence electrons. The van der Waals surface area contributed by atoms with Crippen LogP contribution in [-0.4, -0.2) is 36.2 Å². The van der Waals surface area contributed by atoms with Gasteiger partial charge in [0.05, 0.1) is 6.10 Å². The molecular weight excluding hydrogens is 268 g/mol. The minimum Gasteiger partial charge on any atom is -0.385 e. The van der Waals surface area contributed by atoms with E-state index in [9.17, 15) is 4.79 Å². The Hall–Kier alpha value is -1.66. The average Bonchev–Trinajstić information content (AvgIpc) is 2.49. The molecule has 0 radical (unpaired) electrons. The van der Waals surface area contributed by atoms with Crippen molar-refractivity contribution in [3.8, 4) is 0 Å². The first kappa shape index (κ1) is 15.7. The summed E-state index contributed by atoms with van der Waals surface area (Å²) < 4.78 is 5.85. The van der Waals surface area contributed by atoms with E-state index in [1.165, 1.54) is 0 Å². The van der Waals surface area contributed by atoms with Gasteiger partial charge in [-0.3, -0.25) is 9.78 Å². The van der Waals surface area contributed by atoms with E-state index in [1.807, 2.05) is 6.07 Å². The third-order valence-corrected chi connectivity index (χ3v) is 3.74. The Labute approximate surface area is 125 Å². The number of nitrogens with one attached hydrogen (secondary N) is 1. The number of anilines is 1. The summed E-state index contributed by atoms with van der Waals surface area (Å²) in [5.41, 5.74) is 12.2. The topological polar surface area (TPSA) is 103 Å². The van der Waals surface area contributed by atoms with Crippen molar-refractivity contribution in [1.82, 2.24) is 4.98 Å². The summed E-state index contributed by atoms with van der Waals surface area (Å²) in [6.07, 6.45) is 7.13. The fraction of sp³-hybridized carbons (Fsp3) is 0.600. The van der Waals surface area contributed by atoms with E-state index in [1.54, 1.807) is 12.3 Å². The fourth-order valence-corrected chi connectivity index (χ4v) is 2.49. The van der Waals surface area contributed by atoms with Crippen LogP contribution in [0.4, 0.5) is 5.69 Å². The summed E-state index contributed by atoms with van der Waals surface area (Å²) in [6, 6.07) is 3.83. The summed E-state index contributed by atoms with van der Waals surface area (Å²) in [5, 5.41) is 3.24. The number of carbonyl (C=O) groups is 1. The van der Waals surface area contributed by atoms with Crippen molar-refractivity contribution in [3.63, 3.8) is 0 Å². The van der Waals surface area contributed by atoms with E-state index in [0.717, 1.165) is 50.9 Å². The van der Waals surface area contributed by atoms with Crippen molar-refractivity contribution in [2.24, 2.45) is 11.5 Å². The molecule has 21 heavy (non-hydrogen) atoms. The van der Waals surface area contributed by atoms with Crippen LogP contribution in [0, 0.1) is 0 Å². The van der Waals surface area contributed by atoms with Crippen molar-refractivity contribution in [1.29, 1.82) is 0 Å². The molecule has 0 bridgehead atoms. The van der Waals surface area contributed by atoms with Gasteiger partial charge in [-0.05, 0) is 44.2 Å². The molecule has 0 saturated heterocycles. The first-order chi connectivity index (χ1) is 10.1. The monoisotopic (exact) mass is 292 g/mol. The first-order valence-corrected chi connectivity index (χ1v) is 7.52. The van der Waals surface area contributed by atoms with Crippen molar-refractivity contribution in [3.05, 3.63) is 24.0 Å². The smallest absolute Gasteiger partial charge is 0.267 e.